The Kier molecular flexibility index (Phi) is 5.72. The van der Waals surface area contributed by atoms with Crippen LogP contribution in [0.5, 0.6) is 0 Å². The Morgan fingerprint density at radius 3 is 2.73 bits per heavy atom. The van der Waals surface area contributed by atoms with Gasteiger partial charge < -0.3 is 5.32 Å². The van der Waals surface area contributed by atoms with Crippen LogP contribution in [0.3, 0.4) is 0 Å². The number of nitrogens with one attached hydrogen (secondary N) is 1. The van der Waals surface area contributed by atoms with Crippen molar-refractivity contribution in [2.75, 3.05) is 0 Å². The van der Waals surface area contributed by atoms with Gasteiger partial charge in [-0.05, 0) is 85.7 Å². The number of allylic oxidation sites excluding steroid dienone is 1. The molecule has 0 bridgehead atoms. The molecular weight excluding hydrogens is 487 g/mol. The number of amides is 1. The Morgan fingerprint density at radius 1 is 1.11 bits per heavy atom. The quantitative estimate of drug-likeness (QED) is 0.340. The van der Waals surface area contributed by atoms with Crippen molar-refractivity contribution in [2.24, 2.45) is 0 Å². The number of aromatic nitrogens is 3. The molecule has 0 spiro atoms. The van der Waals surface area contributed by atoms with Gasteiger partial charge in [-0.25, -0.2) is 4.39 Å². The van der Waals surface area contributed by atoms with Gasteiger partial charge in [0.05, 0.1) is 16.1 Å². The van der Waals surface area contributed by atoms with Crippen LogP contribution in [-0.2, 0) is 12.0 Å². The van der Waals surface area contributed by atoms with E-state index < -0.39 is 5.54 Å². The molecule has 1 N–H and O–H groups in total. The molecule has 0 radical (unpaired) electrons. The highest BCUT2D eigenvalue weighted by Crippen LogP contribution is 2.49. The highest BCUT2D eigenvalue weighted by Gasteiger charge is 2.41. The number of hydrogen-bond acceptors (Lipinski definition) is 3. The summed E-state index contributed by atoms with van der Waals surface area (Å²) >= 11 is 6.61. The third kappa shape index (κ3) is 4.15. The Bertz CT molecular complexity index is 1590. The van der Waals surface area contributed by atoms with Gasteiger partial charge in [-0.1, -0.05) is 53.1 Å². The lowest BCUT2D eigenvalue weighted by molar-refractivity contribution is 0.0890. The molecular formula is C30H26ClFN4O. The third-order valence-electron chi connectivity index (χ3n) is 7.67. The number of aryl methyl sites for hydroxylation is 2. The maximum atomic E-state index is 14.4. The van der Waals surface area contributed by atoms with Crippen LogP contribution in [0.15, 0.2) is 72.6 Å². The lowest BCUT2D eigenvalue weighted by Crippen LogP contribution is -2.47. The molecule has 186 valence electrons. The Balaban J connectivity index is 1.37. The zero-order valence-electron chi connectivity index (χ0n) is 20.7. The van der Waals surface area contributed by atoms with Crippen molar-refractivity contribution in [1.82, 2.24) is 20.1 Å². The average Bonchev–Trinajstić information content (AvgIpc) is 3.46. The maximum Gasteiger partial charge on any atom is 0.253 e. The first-order chi connectivity index (χ1) is 17.8. The van der Waals surface area contributed by atoms with Gasteiger partial charge in [-0.15, -0.1) is 10.2 Å². The smallest absolute Gasteiger partial charge is 0.253 e. The number of hydrogen-bond donors (Lipinski definition) is 1. The topological polar surface area (TPSA) is 59.8 Å². The number of nitrogens with zero attached hydrogens (tertiary/aromatic N) is 3. The summed E-state index contributed by atoms with van der Waals surface area (Å²) in [5.41, 5.74) is 7.63. The van der Waals surface area contributed by atoms with Gasteiger partial charge in [0.1, 0.15) is 18.0 Å². The summed E-state index contributed by atoms with van der Waals surface area (Å²) in [5, 5.41) is 11.6. The molecule has 1 heterocycles. The summed E-state index contributed by atoms with van der Waals surface area (Å²) in [6.07, 6.45) is 4.66. The molecule has 1 amide bonds. The SMILES string of the molecule is Cc1ccc2c(c1)CC1=C2CC(NC(=O)c2ccc(-n3cnnc3C)cc2Cl)(c2cccc(F)c2)CC1. The fraction of sp³-hybridized carbons (Fsp3) is 0.233. The number of carbonyl (C=O) groups is 1. The zero-order chi connectivity index (χ0) is 25.7. The van der Waals surface area contributed by atoms with Crippen LogP contribution < -0.4 is 5.32 Å². The Labute approximate surface area is 220 Å². The lowest BCUT2D eigenvalue weighted by atomic mass is 9.73. The molecule has 7 heteroatoms. The number of carbonyl (C=O) groups excluding carboxylic acids is 1. The molecule has 5 nitrogen and oxygen atoms in total. The van der Waals surface area contributed by atoms with Gasteiger partial charge in [0, 0.05) is 12.1 Å². The summed E-state index contributed by atoms with van der Waals surface area (Å²) < 4.78 is 16.2. The Morgan fingerprint density at radius 2 is 1.97 bits per heavy atom. The van der Waals surface area contributed by atoms with Gasteiger partial charge in [0.25, 0.3) is 5.91 Å². The first-order valence-corrected chi connectivity index (χ1v) is 12.8. The van der Waals surface area contributed by atoms with Crippen LogP contribution in [0.25, 0.3) is 11.3 Å². The van der Waals surface area contributed by atoms with E-state index in [0.29, 0.717) is 23.4 Å². The second-order valence-corrected chi connectivity index (χ2v) is 10.5. The minimum Gasteiger partial charge on any atom is -0.342 e. The van der Waals surface area contributed by atoms with Gasteiger partial charge >= 0.3 is 0 Å². The van der Waals surface area contributed by atoms with Crippen LogP contribution >= 0.6 is 11.6 Å². The van der Waals surface area contributed by atoms with Crippen LogP contribution in [0, 0.1) is 19.7 Å². The van der Waals surface area contributed by atoms with Crippen molar-refractivity contribution in [3.05, 3.63) is 117 Å². The van der Waals surface area contributed by atoms with E-state index in [2.05, 4.69) is 40.6 Å². The van der Waals surface area contributed by atoms with Crippen LogP contribution in [0.2, 0.25) is 5.02 Å². The second kappa shape index (κ2) is 8.96. The van der Waals surface area contributed by atoms with E-state index in [4.69, 9.17) is 11.6 Å². The zero-order valence-corrected chi connectivity index (χ0v) is 21.4. The highest BCUT2D eigenvalue weighted by atomic mass is 35.5. The van der Waals surface area contributed by atoms with Crippen LogP contribution in [-0.4, -0.2) is 20.7 Å². The van der Waals surface area contributed by atoms with E-state index >= 15 is 0 Å². The van der Waals surface area contributed by atoms with Crippen molar-refractivity contribution in [3.8, 4) is 5.69 Å². The van der Waals surface area contributed by atoms with Crippen molar-refractivity contribution in [2.45, 2.75) is 45.1 Å². The van der Waals surface area contributed by atoms with Crippen LogP contribution in [0.1, 0.15) is 57.7 Å². The van der Waals surface area contributed by atoms with Crippen LogP contribution in [0.4, 0.5) is 4.39 Å². The molecule has 1 atom stereocenters. The van der Waals surface area contributed by atoms with E-state index in [1.165, 1.54) is 40.0 Å². The standard InChI is InChI=1S/C30H26ClFN4O/c1-18-6-8-25-21(12-18)13-20-10-11-30(16-27(20)25,22-4-3-5-23(32)14-22)34-29(37)26-9-7-24(15-28(26)31)36-17-33-35-19(36)2/h3-9,12,14-15,17H,10-11,13,16H2,1-2H3,(H,34,37). The summed E-state index contributed by atoms with van der Waals surface area (Å²) in [5.74, 6) is 0.115. The number of benzene rings is 3. The predicted molar refractivity (Wildman–Crippen MR) is 142 cm³/mol. The lowest BCUT2D eigenvalue weighted by Gasteiger charge is -2.40. The number of rotatable bonds is 4. The van der Waals surface area contributed by atoms with Gasteiger partial charge in [0.15, 0.2) is 0 Å². The van der Waals surface area contributed by atoms with Crippen molar-refractivity contribution < 1.29 is 9.18 Å². The molecule has 2 aliphatic carbocycles. The van der Waals surface area contributed by atoms with Crippen molar-refractivity contribution in [3.63, 3.8) is 0 Å². The minimum atomic E-state index is -0.753. The number of halogens is 2. The molecule has 0 saturated heterocycles. The molecule has 0 saturated carbocycles. The van der Waals surface area contributed by atoms with Gasteiger partial charge in [-0.3, -0.25) is 9.36 Å². The van der Waals surface area contributed by atoms with E-state index in [0.717, 1.165) is 29.9 Å². The Hall–Kier alpha value is -3.77. The van der Waals surface area contributed by atoms with Gasteiger partial charge in [0.2, 0.25) is 0 Å². The average molecular weight is 513 g/mol. The highest BCUT2D eigenvalue weighted by molar-refractivity contribution is 6.34. The first-order valence-electron chi connectivity index (χ1n) is 12.4. The fourth-order valence-corrected chi connectivity index (χ4v) is 6.05. The molecule has 0 fully saturated rings. The van der Waals surface area contributed by atoms with E-state index in [1.807, 2.05) is 19.1 Å². The normalized spacial score (nSPS) is 18.5. The van der Waals surface area contributed by atoms with E-state index in [9.17, 15) is 9.18 Å². The molecule has 6 rings (SSSR count). The van der Waals surface area contributed by atoms with Gasteiger partial charge in [-0.2, -0.15) is 0 Å². The first kappa shape index (κ1) is 23.6. The van der Waals surface area contributed by atoms with E-state index in [-0.39, 0.29) is 11.7 Å². The predicted octanol–water partition coefficient (Wildman–Crippen LogP) is 6.50. The summed E-state index contributed by atoms with van der Waals surface area (Å²) in [7, 11) is 0. The summed E-state index contributed by atoms with van der Waals surface area (Å²) in [6, 6.07) is 18.4. The molecule has 3 aromatic carbocycles. The second-order valence-electron chi connectivity index (χ2n) is 10.1. The minimum absolute atomic E-state index is 0.285. The van der Waals surface area contributed by atoms with E-state index in [1.54, 1.807) is 29.1 Å². The monoisotopic (exact) mass is 512 g/mol. The molecule has 0 aliphatic heterocycles. The molecule has 1 unspecified atom stereocenters. The molecule has 2 aliphatic rings. The maximum absolute atomic E-state index is 14.4. The van der Waals surface area contributed by atoms with Crippen molar-refractivity contribution in [1.29, 1.82) is 0 Å². The van der Waals surface area contributed by atoms with Crippen molar-refractivity contribution >= 4 is 23.1 Å². The molecule has 4 aromatic rings. The summed E-state index contributed by atoms with van der Waals surface area (Å²) in [6.45, 7) is 3.95. The molecule has 37 heavy (non-hydrogen) atoms. The largest absolute Gasteiger partial charge is 0.342 e. The molecule has 1 aromatic heterocycles. The summed E-state index contributed by atoms with van der Waals surface area (Å²) in [4.78, 5) is 13.7. The number of fused-ring (bicyclic) bond motifs is 2. The fourth-order valence-electron chi connectivity index (χ4n) is 5.78. The third-order valence-corrected chi connectivity index (χ3v) is 7.98.